The minimum Gasteiger partial charge on any atom is -0.289 e. The van der Waals surface area contributed by atoms with E-state index in [-0.39, 0.29) is 16.9 Å². The van der Waals surface area contributed by atoms with Gasteiger partial charge in [-0.05, 0) is 36.4 Å². The summed E-state index contributed by atoms with van der Waals surface area (Å²) < 4.78 is 39.7. The molecule has 0 N–H and O–H groups in total. The Morgan fingerprint density at radius 1 is 1.00 bits per heavy atom. The van der Waals surface area contributed by atoms with Gasteiger partial charge in [0.25, 0.3) is 0 Å². The monoisotopic (exact) mass is 306 g/mol. The molecule has 0 unspecified atom stereocenters. The van der Waals surface area contributed by atoms with Gasteiger partial charge in [0.15, 0.2) is 5.78 Å². The van der Waals surface area contributed by atoms with Crippen LogP contribution in [0.4, 0.5) is 13.2 Å². The third-order valence-electron chi connectivity index (χ3n) is 3.15. The highest BCUT2D eigenvalue weighted by Crippen LogP contribution is 2.34. The molecule has 106 valence electrons. The third kappa shape index (κ3) is 2.74. The molecule has 0 spiro atoms. The molecule has 2 aromatic rings. The molecular weight excluding hydrogens is 297 g/mol. The number of hydrogen-bond acceptors (Lipinski definition) is 2. The standard InChI is InChI=1S/C16H9F3OS/c17-11-3-4-15-13(6-11)16(20)10(8-21-15)5-9-1-2-12(18)7-14(9)19/h1-7H,8H2. The van der Waals surface area contributed by atoms with Gasteiger partial charge in [-0.3, -0.25) is 4.79 Å². The van der Waals surface area contributed by atoms with E-state index >= 15 is 0 Å². The summed E-state index contributed by atoms with van der Waals surface area (Å²) in [6, 6.07) is 7.20. The van der Waals surface area contributed by atoms with E-state index in [1.165, 1.54) is 36.0 Å². The largest absolute Gasteiger partial charge is 0.289 e. The number of carbonyl (C=O) groups is 1. The zero-order chi connectivity index (χ0) is 15.0. The smallest absolute Gasteiger partial charge is 0.191 e. The number of thioether (sulfide) groups is 1. The van der Waals surface area contributed by atoms with Gasteiger partial charge in [-0.15, -0.1) is 11.8 Å². The average molecular weight is 306 g/mol. The molecule has 2 aromatic carbocycles. The van der Waals surface area contributed by atoms with Crippen LogP contribution in [0, 0.1) is 17.5 Å². The van der Waals surface area contributed by atoms with Crippen molar-refractivity contribution in [3.8, 4) is 0 Å². The van der Waals surface area contributed by atoms with Crippen LogP contribution in [0.1, 0.15) is 15.9 Å². The minimum absolute atomic E-state index is 0.139. The van der Waals surface area contributed by atoms with Crippen LogP contribution in [0.3, 0.4) is 0 Å². The number of fused-ring (bicyclic) bond motifs is 1. The number of Topliss-reactive ketones (excluding diaryl/α,β-unsaturated/α-hetero) is 1. The second-order valence-electron chi connectivity index (χ2n) is 4.59. The quantitative estimate of drug-likeness (QED) is 0.723. The number of hydrogen-bond donors (Lipinski definition) is 0. The summed E-state index contributed by atoms with van der Waals surface area (Å²) >= 11 is 1.39. The van der Waals surface area contributed by atoms with Gasteiger partial charge in [-0.2, -0.15) is 0 Å². The molecule has 1 heterocycles. The molecule has 0 saturated heterocycles. The van der Waals surface area contributed by atoms with Crippen molar-refractivity contribution in [3.05, 3.63) is 70.5 Å². The van der Waals surface area contributed by atoms with Gasteiger partial charge in [0, 0.05) is 33.4 Å². The summed E-state index contributed by atoms with van der Waals surface area (Å²) in [7, 11) is 0. The Hall–Kier alpha value is -2.01. The summed E-state index contributed by atoms with van der Waals surface area (Å²) in [4.78, 5) is 13.0. The molecule has 1 nitrogen and oxygen atoms in total. The molecule has 0 aromatic heterocycles. The van der Waals surface area contributed by atoms with Crippen LogP contribution in [0.2, 0.25) is 0 Å². The van der Waals surface area contributed by atoms with E-state index in [1.54, 1.807) is 6.07 Å². The van der Waals surface area contributed by atoms with E-state index in [9.17, 15) is 18.0 Å². The highest BCUT2D eigenvalue weighted by Gasteiger charge is 2.23. The fourth-order valence-electron chi connectivity index (χ4n) is 2.11. The normalized spacial score (nSPS) is 16.1. The Labute approximate surface area is 123 Å². The van der Waals surface area contributed by atoms with E-state index < -0.39 is 17.5 Å². The van der Waals surface area contributed by atoms with Crippen LogP contribution in [0.15, 0.2) is 46.9 Å². The van der Waals surface area contributed by atoms with Crippen LogP contribution in [-0.2, 0) is 0 Å². The maximum Gasteiger partial charge on any atom is 0.191 e. The highest BCUT2D eigenvalue weighted by atomic mass is 32.2. The molecule has 0 aliphatic carbocycles. The number of benzene rings is 2. The second kappa shape index (κ2) is 5.41. The Morgan fingerprint density at radius 2 is 1.71 bits per heavy atom. The van der Waals surface area contributed by atoms with E-state index in [1.807, 2.05) is 0 Å². The van der Waals surface area contributed by atoms with Gasteiger partial charge in [-0.1, -0.05) is 0 Å². The summed E-state index contributed by atoms with van der Waals surface area (Å²) in [5.41, 5.74) is 0.781. The van der Waals surface area contributed by atoms with Gasteiger partial charge in [-0.25, -0.2) is 13.2 Å². The van der Waals surface area contributed by atoms with Crippen LogP contribution in [-0.4, -0.2) is 11.5 Å². The Morgan fingerprint density at radius 3 is 2.48 bits per heavy atom. The topological polar surface area (TPSA) is 17.1 Å². The van der Waals surface area contributed by atoms with Crippen molar-refractivity contribution < 1.29 is 18.0 Å². The van der Waals surface area contributed by atoms with Crippen molar-refractivity contribution in [2.24, 2.45) is 0 Å². The molecule has 1 aliphatic heterocycles. The number of rotatable bonds is 1. The van der Waals surface area contributed by atoms with Crippen LogP contribution in [0.25, 0.3) is 6.08 Å². The van der Waals surface area contributed by atoms with Gasteiger partial charge in [0.1, 0.15) is 17.5 Å². The lowest BCUT2D eigenvalue weighted by Crippen LogP contribution is -2.12. The van der Waals surface area contributed by atoms with Crippen molar-refractivity contribution in [2.75, 3.05) is 5.75 Å². The van der Waals surface area contributed by atoms with E-state index in [4.69, 9.17) is 0 Å². The Kier molecular flexibility index (Phi) is 3.59. The van der Waals surface area contributed by atoms with Crippen LogP contribution < -0.4 is 0 Å². The zero-order valence-electron chi connectivity index (χ0n) is 10.7. The molecule has 0 radical (unpaired) electrons. The fourth-order valence-corrected chi connectivity index (χ4v) is 3.11. The SMILES string of the molecule is O=C1C(=Cc2ccc(F)cc2F)CSc2ccc(F)cc21. The zero-order valence-corrected chi connectivity index (χ0v) is 11.5. The maximum atomic E-state index is 13.6. The lowest BCUT2D eigenvalue weighted by Gasteiger charge is -2.17. The van der Waals surface area contributed by atoms with Crippen molar-refractivity contribution in [1.29, 1.82) is 0 Å². The van der Waals surface area contributed by atoms with Gasteiger partial charge < -0.3 is 0 Å². The molecule has 21 heavy (non-hydrogen) atoms. The van der Waals surface area contributed by atoms with Crippen molar-refractivity contribution in [3.63, 3.8) is 0 Å². The van der Waals surface area contributed by atoms with Gasteiger partial charge >= 0.3 is 0 Å². The lowest BCUT2D eigenvalue weighted by molar-refractivity contribution is 0.103. The summed E-state index contributed by atoms with van der Waals surface area (Å²) in [5, 5.41) is 0. The van der Waals surface area contributed by atoms with Crippen LogP contribution >= 0.6 is 11.8 Å². The summed E-state index contributed by atoms with van der Waals surface area (Å²) in [5.74, 6) is -1.85. The Bertz CT molecular complexity index is 768. The minimum atomic E-state index is -0.731. The van der Waals surface area contributed by atoms with Crippen molar-refractivity contribution in [1.82, 2.24) is 0 Å². The molecule has 0 bridgehead atoms. The van der Waals surface area contributed by atoms with Gasteiger partial charge in [0.05, 0.1) is 0 Å². The molecular formula is C16H9F3OS. The average Bonchev–Trinajstić information content (AvgIpc) is 2.45. The van der Waals surface area contributed by atoms with Gasteiger partial charge in [0.2, 0.25) is 0 Å². The summed E-state index contributed by atoms with van der Waals surface area (Å²) in [6.45, 7) is 0. The highest BCUT2D eigenvalue weighted by molar-refractivity contribution is 7.99. The second-order valence-corrected chi connectivity index (χ2v) is 5.61. The molecule has 3 rings (SSSR count). The van der Waals surface area contributed by atoms with Crippen molar-refractivity contribution >= 4 is 23.6 Å². The predicted octanol–water partition coefficient (Wildman–Crippen LogP) is 4.48. The number of halogens is 3. The number of ketones is 1. The predicted molar refractivity (Wildman–Crippen MR) is 75.8 cm³/mol. The van der Waals surface area contributed by atoms with E-state index in [0.717, 1.165) is 12.1 Å². The first-order chi connectivity index (χ1) is 10.0. The molecule has 0 fully saturated rings. The van der Waals surface area contributed by atoms with Crippen LogP contribution in [0.5, 0.6) is 0 Å². The maximum absolute atomic E-state index is 13.6. The molecule has 5 heteroatoms. The molecule has 0 saturated carbocycles. The fraction of sp³-hybridized carbons (Fsp3) is 0.0625. The molecule has 0 amide bonds. The lowest BCUT2D eigenvalue weighted by atomic mass is 10.0. The first kappa shape index (κ1) is 13.9. The third-order valence-corrected chi connectivity index (χ3v) is 4.28. The van der Waals surface area contributed by atoms with E-state index in [2.05, 4.69) is 0 Å². The first-order valence-corrected chi connectivity index (χ1v) is 7.16. The molecule has 0 atom stereocenters. The first-order valence-electron chi connectivity index (χ1n) is 6.17. The van der Waals surface area contributed by atoms with Crippen molar-refractivity contribution in [2.45, 2.75) is 4.90 Å². The van der Waals surface area contributed by atoms with E-state index in [0.29, 0.717) is 16.2 Å². The number of carbonyl (C=O) groups excluding carboxylic acids is 1. The molecule has 1 aliphatic rings. The Balaban J connectivity index is 2.01. The summed E-state index contributed by atoms with van der Waals surface area (Å²) in [6.07, 6.45) is 1.39.